The number of aromatic amines is 1. The normalized spacial score (nSPS) is 11.7. The second-order valence-electron chi connectivity index (χ2n) is 5.46. The molecule has 0 fully saturated rings. The van der Waals surface area contributed by atoms with Crippen LogP contribution in [0.3, 0.4) is 0 Å². The fourth-order valence-electron chi connectivity index (χ4n) is 2.56. The molecule has 0 amide bonds. The molecule has 2 aromatic carbocycles. The van der Waals surface area contributed by atoms with Crippen molar-refractivity contribution in [1.82, 2.24) is 19.7 Å². The first-order valence-corrected chi connectivity index (χ1v) is 9.37. The summed E-state index contributed by atoms with van der Waals surface area (Å²) in [6, 6.07) is 12.2. The highest BCUT2D eigenvalue weighted by Crippen LogP contribution is 2.30. The van der Waals surface area contributed by atoms with Crippen LogP contribution in [0.5, 0.6) is 0 Å². The number of halogens is 1. The van der Waals surface area contributed by atoms with E-state index in [1.54, 1.807) is 36.7 Å². The number of nitrogens with one attached hydrogen (secondary N) is 1. The van der Waals surface area contributed by atoms with Crippen molar-refractivity contribution in [2.45, 2.75) is 9.79 Å². The van der Waals surface area contributed by atoms with Gasteiger partial charge in [0.2, 0.25) is 15.8 Å². The topological polar surface area (TPSA) is 97.7 Å². The van der Waals surface area contributed by atoms with Crippen LogP contribution in [0.1, 0.15) is 0 Å². The molecule has 0 saturated carbocycles. The van der Waals surface area contributed by atoms with Gasteiger partial charge in [-0.25, -0.2) is 18.1 Å². The van der Waals surface area contributed by atoms with Gasteiger partial charge in [0, 0.05) is 12.4 Å². The molecule has 0 aliphatic heterocycles. The lowest BCUT2D eigenvalue weighted by atomic mass is 10.2. The molecule has 4 aromatic rings. The Labute approximate surface area is 152 Å². The van der Waals surface area contributed by atoms with Crippen molar-refractivity contribution in [3.05, 3.63) is 76.3 Å². The van der Waals surface area contributed by atoms with Crippen molar-refractivity contribution < 1.29 is 8.42 Å². The van der Waals surface area contributed by atoms with Gasteiger partial charge in [0.05, 0.1) is 25.7 Å². The number of H-pyrrole nitrogens is 1. The van der Waals surface area contributed by atoms with Crippen molar-refractivity contribution in [3.63, 3.8) is 0 Å². The molecule has 9 heteroatoms. The van der Waals surface area contributed by atoms with E-state index in [4.69, 9.17) is 11.6 Å². The van der Waals surface area contributed by atoms with Gasteiger partial charge in [-0.1, -0.05) is 29.8 Å². The number of nitrogens with zero attached hydrogens (tertiary/aromatic N) is 3. The quantitative estimate of drug-likeness (QED) is 0.583. The minimum atomic E-state index is -3.86. The first kappa shape index (κ1) is 16.5. The predicted molar refractivity (Wildman–Crippen MR) is 96.4 cm³/mol. The van der Waals surface area contributed by atoms with E-state index in [-0.39, 0.29) is 31.7 Å². The zero-order valence-electron chi connectivity index (χ0n) is 13.1. The number of aromatic nitrogens is 4. The molecule has 2 aromatic heterocycles. The fourth-order valence-corrected chi connectivity index (χ4v) is 4.38. The average Bonchev–Trinajstić information content (AvgIpc) is 3.16. The van der Waals surface area contributed by atoms with Gasteiger partial charge >= 0.3 is 0 Å². The Bertz CT molecular complexity index is 1270. The summed E-state index contributed by atoms with van der Waals surface area (Å²) in [5.74, 6) is 0.210. The molecule has 4 rings (SSSR count). The Morgan fingerprint density at radius 3 is 2.54 bits per heavy atom. The van der Waals surface area contributed by atoms with Crippen molar-refractivity contribution in [2.75, 3.05) is 0 Å². The first-order chi connectivity index (χ1) is 12.5. The summed E-state index contributed by atoms with van der Waals surface area (Å²) in [6.07, 6.45) is 3.17. The van der Waals surface area contributed by atoms with Gasteiger partial charge in [0.15, 0.2) is 0 Å². The van der Waals surface area contributed by atoms with Gasteiger partial charge in [-0.2, -0.15) is 5.10 Å². The summed E-state index contributed by atoms with van der Waals surface area (Å²) in [6.45, 7) is 0. The molecular weight excluding hydrogens is 376 g/mol. The van der Waals surface area contributed by atoms with E-state index in [9.17, 15) is 13.2 Å². The smallest absolute Gasteiger partial charge is 0.260 e. The first-order valence-electron chi connectivity index (χ1n) is 7.50. The molecule has 1 N–H and O–H groups in total. The third kappa shape index (κ3) is 2.69. The van der Waals surface area contributed by atoms with Gasteiger partial charge in [-0.3, -0.25) is 9.78 Å². The van der Waals surface area contributed by atoms with Gasteiger partial charge in [-0.15, -0.1) is 0 Å². The van der Waals surface area contributed by atoms with Crippen LogP contribution in [0.25, 0.3) is 16.9 Å². The zero-order valence-corrected chi connectivity index (χ0v) is 14.7. The van der Waals surface area contributed by atoms with Crippen LogP contribution in [0.4, 0.5) is 0 Å². The summed E-state index contributed by atoms with van der Waals surface area (Å²) in [5.41, 5.74) is -0.210. The van der Waals surface area contributed by atoms with Gasteiger partial charge < -0.3 is 0 Å². The summed E-state index contributed by atoms with van der Waals surface area (Å²) in [4.78, 5) is 19.3. The van der Waals surface area contributed by atoms with Gasteiger partial charge in [-0.05, 0) is 30.3 Å². The molecule has 0 bridgehead atoms. The van der Waals surface area contributed by atoms with Crippen LogP contribution in [0, 0.1) is 0 Å². The van der Waals surface area contributed by atoms with E-state index in [1.165, 1.54) is 28.9 Å². The lowest BCUT2D eigenvalue weighted by Gasteiger charge is -2.09. The highest BCUT2D eigenvalue weighted by molar-refractivity contribution is 7.91. The minimum Gasteiger partial charge on any atom is -0.290 e. The lowest BCUT2D eigenvalue weighted by Crippen LogP contribution is -2.14. The molecule has 0 atom stereocenters. The number of sulfone groups is 1. The Kier molecular flexibility index (Phi) is 3.86. The summed E-state index contributed by atoms with van der Waals surface area (Å²) < 4.78 is 27.1. The summed E-state index contributed by atoms with van der Waals surface area (Å²) in [5, 5.41) is 4.12. The molecule has 26 heavy (non-hydrogen) atoms. The maximum absolute atomic E-state index is 12.8. The van der Waals surface area contributed by atoms with E-state index in [0.717, 1.165) is 0 Å². The molecule has 0 saturated heterocycles. The number of fused-ring (bicyclic) bond motifs is 1. The number of rotatable bonds is 3. The minimum absolute atomic E-state index is 0.00846. The molecule has 130 valence electrons. The van der Waals surface area contributed by atoms with Crippen molar-refractivity contribution in [2.24, 2.45) is 0 Å². The summed E-state index contributed by atoms with van der Waals surface area (Å²) in [7, 11) is -3.86. The summed E-state index contributed by atoms with van der Waals surface area (Å²) >= 11 is 6.21. The molecule has 7 nitrogen and oxygen atoms in total. The van der Waals surface area contributed by atoms with Crippen LogP contribution in [-0.4, -0.2) is 28.2 Å². The fraction of sp³-hybridized carbons (Fsp3) is 0. The van der Waals surface area contributed by atoms with E-state index in [0.29, 0.717) is 0 Å². The standard InChI is InChI=1S/C17H11ClN4O3S/c18-13-10-14-12(16(23)21-17(20-14)22-8-4-7-19-22)9-15(13)26(24,25)11-5-2-1-3-6-11/h1-10H,(H,20,21,23). The second-order valence-corrected chi connectivity index (χ2v) is 7.78. The highest BCUT2D eigenvalue weighted by Gasteiger charge is 2.22. The van der Waals surface area contributed by atoms with E-state index in [2.05, 4.69) is 15.1 Å². The largest absolute Gasteiger partial charge is 0.290 e. The predicted octanol–water partition coefficient (Wildman–Crippen LogP) is 2.60. The zero-order chi connectivity index (χ0) is 18.3. The monoisotopic (exact) mass is 386 g/mol. The third-order valence-corrected chi connectivity index (χ3v) is 6.05. The van der Waals surface area contributed by atoms with E-state index < -0.39 is 15.4 Å². The Morgan fingerprint density at radius 2 is 1.85 bits per heavy atom. The maximum Gasteiger partial charge on any atom is 0.260 e. The van der Waals surface area contributed by atoms with Crippen LogP contribution >= 0.6 is 11.6 Å². The third-order valence-electron chi connectivity index (χ3n) is 3.81. The number of benzene rings is 2. The molecule has 2 heterocycles. The number of hydrogen-bond acceptors (Lipinski definition) is 5. The molecule has 0 spiro atoms. The molecular formula is C17H11ClN4O3S. The second kappa shape index (κ2) is 6.08. The maximum atomic E-state index is 12.8. The molecule has 0 radical (unpaired) electrons. The van der Waals surface area contributed by atoms with Crippen LogP contribution in [0.15, 0.2) is 75.5 Å². The highest BCUT2D eigenvalue weighted by atomic mass is 35.5. The van der Waals surface area contributed by atoms with Gasteiger partial charge in [0.1, 0.15) is 0 Å². The van der Waals surface area contributed by atoms with Crippen LogP contribution < -0.4 is 5.56 Å². The van der Waals surface area contributed by atoms with E-state index in [1.807, 2.05) is 0 Å². The number of hydrogen-bond donors (Lipinski definition) is 1. The molecule has 0 unspecified atom stereocenters. The Hall–Kier alpha value is -2.97. The SMILES string of the molecule is O=c1[nH]c(-n2cccn2)nc2cc(Cl)c(S(=O)(=O)c3ccccc3)cc12. The molecule has 0 aliphatic carbocycles. The van der Waals surface area contributed by atoms with E-state index >= 15 is 0 Å². The van der Waals surface area contributed by atoms with Gasteiger partial charge in [0.25, 0.3) is 5.56 Å². The van der Waals surface area contributed by atoms with Crippen molar-refractivity contribution >= 4 is 32.3 Å². The van der Waals surface area contributed by atoms with Crippen LogP contribution in [-0.2, 0) is 9.84 Å². The Morgan fingerprint density at radius 1 is 1.08 bits per heavy atom. The Balaban J connectivity index is 1.94. The lowest BCUT2D eigenvalue weighted by molar-refractivity contribution is 0.596. The van der Waals surface area contributed by atoms with Crippen molar-refractivity contribution in [1.29, 1.82) is 0 Å². The average molecular weight is 387 g/mol. The van der Waals surface area contributed by atoms with Crippen molar-refractivity contribution in [3.8, 4) is 5.95 Å². The van der Waals surface area contributed by atoms with Crippen LogP contribution in [0.2, 0.25) is 5.02 Å². The molecule has 0 aliphatic rings.